The number of aliphatic carboxylic acids is 1. The summed E-state index contributed by atoms with van der Waals surface area (Å²) in [7, 11) is 0. The van der Waals surface area contributed by atoms with Crippen LogP contribution in [0.5, 0.6) is 0 Å². The van der Waals surface area contributed by atoms with E-state index in [4.69, 9.17) is 4.74 Å². The van der Waals surface area contributed by atoms with E-state index in [0.717, 1.165) is 28.3 Å². The molecule has 3 aromatic carbocycles. The molecule has 0 aliphatic heterocycles. The molecule has 3 saturated carbocycles. The summed E-state index contributed by atoms with van der Waals surface area (Å²) in [5.74, 6) is -2.54. The molecule has 0 heterocycles. The monoisotopic (exact) mass is 475 g/mol. The summed E-state index contributed by atoms with van der Waals surface area (Å²) >= 11 is 0. The van der Waals surface area contributed by atoms with Gasteiger partial charge in [0.15, 0.2) is 0 Å². The van der Waals surface area contributed by atoms with Crippen molar-refractivity contribution in [1.29, 1.82) is 0 Å². The van der Waals surface area contributed by atoms with Gasteiger partial charge in [0.05, 0.1) is 0 Å². The minimum absolute atomic E-state index is 0.0872. The molecule has 4 aliphatic rings. The predicted octanol–water partition coefficient (Wildman–Crippen LogP) is 5.38. The average Bonchev–Trinajstić information content (AvgIpc) is 3.10. The Morgan fingerprint density at radius 3 is 2.14 bits per heavy atom. The number of hydrogen-bond acceptors (Lipinski definition) is 3. The van der Waals surface area contributed by atoms with E-state index >= 15 is 0 Å². The first kappa shape index (κ1) is 21.8. The summed E-state index contributed by atoms with van der Waals surface area (Å²) in [4.78, 5) is 24.7. The number of alkyl carbamates (subject to hydrolysis) is 1. The van der Waals surface area contributed by atoms with E-state index in [2.05, 4.69) is 5.32 Å². The molecule has 3 fully saturated rings. The summed E-state index contributed by atoms with van der Waals surface area (Å²) in [6.07, 6.45) is 0.473. The van der Waals surface area contributed by atoms with Crippen LogP contribution in [0.4, 0.5) is 13.6 Å². The molecule has 2 N–H and O–H groups in total. The summed E-state index contributed by atoms with van der Waals surface area (Å²) in [5.41, 5.74) is 3.61. The lowest BCUT2D eigenvalue weighted by Gasteiger charge is -2.72. The number of fused-ring (bicyclic) bond motifs is 3. The third kappa shape index (κ3) is 3.25. The van der Waals surface area contributed by atoms with Crippen molar-refractivity contribution < 1.29 is 28.2 Å². The first-order valence-corrected chi connectivity index (χ1v) is 11.6. The third-order valence-corrected chi connectivity index (χ3v) is 8.04. The maximum absolute atomic E-state index is 14.3. The number of carbonyl (C=O) groups is 2. The predicted molar refractivity (Wildman–Crippen MR) is 124 cm³/mol. The highest BCUT2D eigenvalue weighted by Gasteiger charge is 2.73. The van der Waals surface area contributed by atoms with Gasteiger partial charge in [0, 0.05) is 22.8 Å². The molecule has 5 nitrogen and oxygen atoms in total. The number of benzene rings is 3. The number of rotatable bonds is 6. The maximum Gasteiger partial charge on any atom is 0.407 e. The van der Waals surface area contributed by atoms with Gasteiger partial charge in [-0.1, -0.05) is 54.6 Å². The quantitative estimate of drug-likeness (QED) is 0.502. The van der Waals surface area contributed by atoms with Crippen molar-refractivity contribution in [2.24, 2.45) is 5.41 Å². The van der Waals surface area contributed by atoms with Crippen LogP contribution in [0.2, 0.25) is 0 Å². The lowest BCUT2D eigenvalue weighted by molar-refractivity contribution is -0.183. The minimum atomic E-state index is -1.15. The Morgan fingerprint density at radius 2 is 1.57 bits per heavy atom. The fourth-order valence-corrected chi connectivity index (χ4v) is 6.61. The lowest BCUT2D eigenvalue weighted by atomic mass is 9.31. The second-order valence-electron chi connectivity index (χ2n) is 10.0. The molecule has 0 radical (unpaired) electrons. The molecule has 7 heteroatoms. The van der Waals surface area contributed by atoms with Crippen LogP contribution in [0.3, 0.4) is 0 Å². The van der Waals surface area contributed by atoms with Crippen molar-refractivity contribution in [3.05, 3.63) is 95.1 Å². The van der Waals surface area contributed by atoms with E-state index in [-0.39, 0.29) is 12.5 Å². The average molecular weight is 475 g/mol. The number of carbonyl (C=O) groups excluding carboxylic acids is 1. The molecule has 1 atom stereocenters. The van der Waals surface area contributed by atoms with Crippen LogP contribution in [0, 0.1) is 17.0 Å². The highest BCUT2D eigenvalue weighted by atomic mass is 19.1. The van der Waals surface area contributed by atoms with Gasteiger partial charge in [-0.3, -0.25) is 0 Å². The molecule has 178 valence electrons. The molecule has 0 aromatic heterocycles. The van der Waals surface area contributed by atoms with E-state index in [1.54, 1.807) is 0 Å². The fraction of sp³-hybridized carbons (Fsp3) is 0.286. The van der Waals surface area contributed by atoms with Gasteiger partial charge in [-0.15, -0.1) is 0 Å². The first-order valence-electron chi connectivity index (χ1n) is 11.6. The lowest BCUT2D eigenvalue weighted by Crippen LogP contribution is -2.73. The largest absolute Gasteiger partial charge is 0.480 e. The normalized spacial score (nSPS) is 24.4. The summed E-state index contributed by atoms with van der Waals surface area (Å²) < 4.78 is 33.1. The van der Waals surface area contributed by atoms with Gasteiger partial charge in [0.2, 0.25) is 0 Å². The summed E-state index contributed by atoms with van der Waals surface area (Å²) in [6.45, 7) is 0.0872. The van der Waals surface area contributed by atoms with Crippen molar-refractivity contribution in [1.82, 2.24) is 5.32 Å². The summed E-state index contributed by atoms with van der Waals surface area (Å²) in [5, 5.41) is 12.4. The van der Waals surface area contributed by atoms with Gasteiger partial charge >= 0.3 is 12.1 Å². The van der Waals surface area contributed by atoms with Crippen LogP contribution >= 0.6 is 0 Å². The zero-order valence-electron chi connectivity index (χ0n) is 18.8. The Morgan fingerprint density at radius 1 is 0.971 bits per heavy atom. The highest BCUT2D eigenvalue weighted by molar-refractivity contribution is 5.82. The molecular weight excluding hydrogens is 452 g/mol. The number of nitrogens with one attached hydrogen (secondary N) is 1. The van der Waals surface area contributed by atoms with E-state index < -0.39 is 40.6 Å². The van der Waals surface area contributed by atoms with E-state index in [1.165, 1.54) is 12.1 Å². The molecule has 0 saturated heterocycles. The number of amides is 1. The highest BCUT2D eigenvalue weighted by Crippen LogP contribution is 2.75. The maximum atomic E-state index is 14.3. The molecule has 35 heavy (non-hydrogen) atoms. The van der Waals surface area contributed by atoms with Crippen molar-refractivity contribution in [3.63, 3.8) is 0 Å². The first-order chi connectivity index (χ1) is 16.8. The second-order valence-corrected chi connectivity index (χ2v) is 10.0. The molecule has 4 aliphatic carbocycles. The van der Waals surface area contributed by atoms with Crippen LogP contribution in [0.25, 0.3) is 11.1 Å². The molecule has 1 amide bonds. The number of ether oxygens (including phenoxy) is 1. The van der Waals surface area contributed by atoms with Crippen LogP contribution < -0.4 is 5.32 Å². The Bertz CT molecular complexity index is 1310. The minimum Gasteiger partial charge on any atom is -0.480 e. The van der Waals surface area contributed by atoms with Gasteiger partial charge in [0.1, 0.15) is 24.3 Å². The fourth-order valence-electron chi connectivity index (χ4n) is 6.61. The second kappa shape index (κ2) is 7.63. The Balaban J connectivity index is 1.13. The van der Waals surface area contributed by atoms with Crippen LogP contribution in [-0.2, 0) is 14.9 Å². The molecular formula is C28H23F2NO4. The number of carboxylic acids is 1. The summed E-state index contributed by atoms with van der Waals surface area (Å²) in [6, 6.07) is 18.3. The Hall–Kier alpha value is -3.74. The topological polar surface area (TPSA) is 75.6 Å². The Kier molecular flexibility index (Phi) is 4.75. The third-order valence-electron chi connectivity index (χ3n) is 8.04. The standard InChI is InChI=1S/C28H23F2NO4/c29-16-9-10-22(23(30)11-16)27-13-28(14-27,15-27)24(25(32)33)31-26(34)35-12-21-19-7-3-1-5-17(19)18-6-2-4-8-20(18)21/h1-11,21,24H,12-15H2,(H,31,34)(H,32,33). The van der Waals surface area contributed by atoms with Crippen molar-refractivity contribution in [2.75, 3.05) is 6.61 Å². The van der Waals surface area contributed by atoms with Gasteiger partial charge < -0.3 is 15.2 Å². The van der Waals surface area contributed by atoms with Crippen molar-refractivity contribution >= 4 is 12.1 Å². The number of hydrogen-bond donors (Lipinski definition) is 2. The molecule has 2 bridgehead atoms. The Labute approximate surface area is 200 Å². The van der Waals surface area contributed by atoms with E-state index in [0.29, 0.717) is 24.8 Å². The molecule has 3 aromatic rings. The van der Waals surface area contributed by atoms with E-state index in [9.17, 15) is 23.5 Å². The number of carboxylic acid groups (broad SMARTS) is 1. The molecule has 1 unspecified atom stereocenters. The van der Waals surface area contributed by atoms with Gasteiger partial charge in [-0.05, 0) is 53.1 Å². The molecule has 0 spiro atoms. The van der Waals surface area contributed by atoms with Gasteiger partial charge in [0.25, 0.3) is 0 Å². The van der Waals surface area contributed by atoms with Crippen molar-refractivity contribution in [2.45, 2.75) is 36.6 Å². The van der Waals surface area contributed by atoms with Crippen molar-refractivity contribution in [3.8, 4) is 11.1 Å². The van der Waals surface area contributed by atoms with Gasteiger partial charge in [-0.2, -0.15) is 0 Å². The van der Waals surface area contributed by atoms with Crippen LogP contribution in [0.15, 0.2) is 66.7 Å². The SMILES string of the molecule is O=C(NC(C(=O)O)C12CC(c3ccc(F)cc3F)(C1)C2)OCC1c2ccccc2-c2ccccc21. The van der Waals surface area contributed by atoms with Crippen LogP contribution in [0.1, 0.15) is 41.9 Å². The zero-order chi connectivity index (χ0) is 24.4. The van der Waals surface area contributed by atoms with E-state index in [1.807, 2.05) is 48.5 Å². The number of halogens is 2. The van der Waals surface area contributed by atoms with Crippen LogP contribution in [-0.4, -0.2) is 29.8 Å². The zero-order valence-corrected chi connectivity index (χ0v) is 18.8. The molecule has 7 rings (SSSR count). The smallest absolute Gasteiger partial charge is 0.407 e. The van der Waals surface area contributed by atoms with Gasteiger partial charge in [-0.25, -0.2) is 18.4 Å².